The van der Waals surface area contributed by atoms with E-state index in [2.05, 4.69) is 22.4 Å². The molecule has 0 fully saturated rings. The Bertz CT molecular complexity index is 788. The van der Waals surface area contributed by atoms with E-state index < -0.39 is 0 Å². The number of rotatable bonds is 8. The van der Waals surface area contributed by atoms with Crippen LogP contribution in [0.1, 0.15) is 15.4 Å². The second-order valence-corrected chi connectivity index (χ2v) is 6.78. The summed E-state index contributed by atoms with van der Waals surface area (Å²) in [6.07, 6.45) is 3.56. The molecule has 5 heteroatoms. The Kier molecular flexibility index (Phi) is 6.17. The average Bonchev–Trinajstić information content (AvgIpc) is 3.09. The number of para-hydroxylation sites is 1. The Morgan fingerprint density at radius 2 is 1.76 bits per heavy atom. The van der Waals surface area contributed by atoms with Gasteiger partial charge in [0.2, 0.25) is 0 Å². The van der Waals surface area contributed by atoms with Gasteiger partial charge in [-0.15, -0.1) is 11.3 Å². The molecular formula is C20H20N2O2S. The molecule has 0 unspecified atom stereocenters. The van der Waals surface area contributed by atoms with Gasteiger partial charge in [0.15, 0.2) is 6.61 Å². The van der Waals surface area contributed by atoms with Crippen molar-refractivity contribution in [1.29, 1.82) is 0 Å². The summed E-state index contributed by atoms with van der Waals surface area (Å²) in [6, 6.07) is 19.7. The number of hydrogen-bond acceptors (Lipinski definition) is 4. The summed E-state index contributed by atoms with van der Waals surface area (Å²) in [5.41, 5.74) is 1.28. The van der Waals surface area contributed by atoms with Crippen LogP contribution in [0.4, 0.5) is 0 Å². The molecule has 3 rings (SSSR count). The van der Waals surface area contributed by atoms with E-state index in [-0.39, 0.29) is 12.5 Å². The topological polar surface area (TPSA) is 51.2 Å². The third-order valence-corrected chi connectivity index (χ3v) is 4.65. The fourth-order valence-electron chi connectivity index (χ4n) is 2.37. The van der Waals surface area contributed by atoms with E-state index in [0.29, 0.717) is 12.3 Å². The highest BCUT2D eigenvalue weighted by atomic mass is 32.1. The van der Waals surface area contributed by atoms with E-state index in [1.807, 2.05) is 54.7 Å². The lowest BCUT2D eigenvalue weighted by atomic mass is 10.1. The molecule has 0 spiro atoms. The summed E-state index contributed by atoms with van der Waals surface area (Å²) in [5, 5.41) is 3.90. The van der Waals surface area contributed by atoms with Crippen LogP contribution in [0.2, 0.25) is 0 Å². The Morgan fingerprint density at radius 3 is 2.52 bits per heavy atom. The molecule has 1 N–H and O–H groups in total. The van der Waals surface area contributed by atoms with Gasteiger partial charge in [-0.25, -0.2) is 4.98 Å². The van der Waals surface area contributed by atoms with Gasteiger partial charge in [-0.05, 0) is 17.7 Å². The molecule has 2 aromatic carbocycles. The fourth-order valence-corrected chi connectivity index (χ4v) is 3.32. The summed E-state index contributed by atoms with van der Waals surface area (Å²) in [4.78, 5) is 17.5. The number of aromatic nitrogens is 1. The number of amides is 1. The summed E-state index contributed by atoms with van der Waals surface area (Å²) in [5.74, 6) is 0.577. The molecular weight excluding hydrogens is 332 g/mol. The van der Waals surface area contributed by atoms with Crippen LogP contribution in [0.5, 0.6) is 5.75 Å². The Hall–Kier alpha value is -2.66. The van der Waals surface area contributed by atoms with Crippen molar-refractivity contribution in [3.63, 3.8) is 0 Å². The number of ether oxygens (including phenoxy) is 1. The maximum atomic E-state index is 11.8. The molecule has 1 amide bonds. The van der Waals surface area contributed by atoms with Gasteiger partial charge in [-0.3, -0.25) is 4.79 Å². The van der Waals surface area contributed by atoms with E-state index in [4.69, 9.17) is 4.74 Å². The van der Waals surface area contributed by atoms with Crippen LogP contribution in [0.25, 0.3) is 0 Å². The maximum Gasteiger partial charge on any atom is 0.257 e. The van der Waals surface area contributed by atoms with Crippen molar-refractivity contribution in [1.82, 2.24) is 10.3 Å². The van der Waals surface area contributed by atoms with Crippen LogP contribution in [-0.4, -0.2) is 24.0 Å². The lowest BCUT2D eigenvalue weighted by molar-refractivity contribution is -0.123. The minimum Gasteiger partial charge on any atom is -0.484 e. The predicted octanol–water partition coefficient (Wildman–Crippen LogP) is 3.47. The van der Waals surface area contributed by atoms with Gasteiger partial charge in [-0.2, -0.15) is 0 Å². The van der Waals surface area contributed by atoms with Gasteiger partial charge >= 0.3 is 0 Å². The fraction of sp³-hybridized carbons (Fsp3) is 0.200. The molecule has 0 aliphatic rings. The third-order valence-electron chi connectivity index (χ3n) is 3.60. The van der Waals surface area contributed by atoms with Gasteiger partial charge in [0, 0.05) is 30.5 Å². The van der Waals surface area contributed by atoms with Crippen molar-refractivity contribution in [2.75, 3.05) is 13.2 Å². The van der Waals surface area contributed by atoms with Crippen LogP contribution in [-0.2, 0) is 17.6 Å². The highest BCUT2D eigenvalue weighted by Crippen LogP contribution is 2.17. The Morgan fingerprint density at radius 1 is 1.04 bits per heavy atom. The number of nitrogens with one attached hydrogen (secondary N) is 1. The average molecular weight is 352 g/mol. The van der Waals surface area contributed by atoms with Crippen molar-refractivity contribution >= 4 is 17.2 Å². The monoisotopic (exact) mass is 352 g/mol. The normalized spacial score (nSPS) is 10.4. The molecule has 0 saturated heterocycles. The molecule has 0 bridgehead atoms. The SMILES string of the molecule is O=C(COc1ccccc1)NCCc1ncc(Cc2ccccc2)s1. The molecule has 0 saturated carbocycles. The number of carbonyl (C=O) groups is 1. The number of thiazole rings is 1. The molecule has 0 aliphatic carbocycles. The van der Waals surface area contributed by atoms with Crippen LogP contribution in [0, 0.1) is 0 Å². The summed E-state index contributed by atoms with van der Waals surface area (Å²) < 4.78 is 5.42. The van der Waals surface area contributed by atoms with E-state index in [1.165, 1.54) is 10.4 Å². The molecule has 0 radical (unpaired) electrons. The van der Waals surface area contributed by atoms with Gasteiger partial charge in [0.25, 0.3) is 5.91 Å². The molecule has 0 aliphatic heterocycles. The van der Waals surface area contributed by atoms with Gasteiger partial charge < -0.3 is 10.1 Å². The first kappa shape index (κ1) is 17.2. The first-order valence-electron chi connectivity index (χ1n) is 8.21. The zero-order valence-electron chi connectivity index (χ0n) is 13.9. The van der Waals surface area contributed by atoms with E-state index in [1.54, 1.807) is 11.3 Å². The molecule has 0 atom stereocenters. The molecule has 4 nitrogen and oxygen atoms in total. The van der Waals surface area contributed by atoms with E-state index in [0.717, 1.165) is 17.8 Å². The molecule has 1 aromatic heterocycles. The first-order valence-corrected chi connectivity index (χ1v) is 9.03. The minimum atomic E-state index is -0.120. The Balaban J connectivity index is 1.38. The van der Waals surface area contributed by atoms with Crippen molar-refractivity contribution < 1.29 is 9.53 Å². The zero-order chi connectivity index (χ0) is 17.3. The number of hydrogen-bond donors (Lipinski definition) is 1. The van der Waals surface area contributed by atoms with Crippen molar-refractivity contribution in [3.8, 4) is 5.75 Å². The van der Waals surface area contributed by atoms with Crippen molar-refractivity contribution in [2.24, 2.45) is 0 Å². The van der Waals surface area contributed by atoms with Crippen molar-refractivity contribution in [3.05, 3.63) is 82.3 Å². The zero-order valence-corrected chi connectivity index (χ0v) is 14.7. The highest BCUT2D eigenvalue weighted by Gasteiger charge is 2.05. The lowest BCUT2D eigenvalue weighted by Gasteiger charge is -2.06. The largest absolute Gasteiger partial charge is 0.484 e. The third kappa shape index (κ3) is 5.72. The van der Waals surface area contributed by atoms with Crippen LogP contribution >= 0.6 is 11.3 Å². The molecule has 128 valence electrons. The van der Waals surface area contributed by atoms with Crippen LogP contribution in [0.15, 0.2) is 66.9 Å². The smallest absolute Gasteiger partial charge is 0.257 e. The van der Waals surface area contributed by atoms with Gasteiger partial charge in [0.1, 0.15) is 5.75 Å². The van der Waals surface area contributed by atoms with Crippen molar-refractivity contribution in [2.45, 2.75) is 12.8 Å². The van der Waals surface area contributed by atoms with Gasteiger partial charge in [0.05, 0.1) is 5.01 Å². The van der Waals surface area contributed by atoms with E-state index >= 15 is 0 Å². The molecule has 1 heterocycles. The van der Waals surface area contributed by atoms with Gasteiger partial charge in [-0.1, -0.05) is 48.5 Å². The number of benzene rings is 2. The number of carbonyl (C=O) groups excluding carboxylic acids is 1. The second kappa shape index (κ2) is 8.99. The summed E-state index contributed by atoms with van der Waals surface area (Å²) in [7, 11) is 0. The molecule has 25 heavy (non-hydrogen) atoms. The first-order chi connectivity index (χ1) is 12.3. The Labute approximate surface area is 151 Å². The predicted molar refractivity (Wildman–Crippen MR) is 100 cm³/mol. The quantitative estimate of drug-likeness (QED) is 0.675. The van der Waals surface area contributed by atoms with E-state index in [9.17, 15) is 4.79 Å². The lowest BCUT2D eigenvalue weighted by Crippen LogP contribution is -2.30. The number of nitrogens with zero attached hydrogens (tertiary/aromatic N) is 1. The summed E-state index contributed by atoms with van der Waals surface area (Å²) in [6.45, 7) is 0.594. The molecule has 3 aromatic rings. The maximum absolute atomic E-state index is 11.8. The standard InChI is InChI=1S/C20H20N2O2S/c23-19(15-24-17-9-5-2-6-10-17)21-12-11-20-22-14-18(25-20)13-16-7-3-1-4-8-16/h1-10,14H,11-13,15H2,(H,21,23). The van der Waals surface area contributed by atoms with Crippen LogP contribution in [0.3, 0.4) is 0 Å². The summed E-state index contributed by atoms with van der Waals surface area (Å²) >= 11 is 1.70. The van der Waals surface area contributed by atoms with Crippen LogP contribution < -0.4 is 10.1 Å². The second-order valence-electron chi connectivity index (χ2n) is 5.58. The highest BCUT2D eigenvalue weighted by molar-refractivity contribution is 7.11. The minimum absolute atomic E-state index is 0.0289.